The monoisotopic (exact) mass is 416 g/mol. The number of carbonyl (C=O) groups excluding carboxylic acids is 2. The predicted octanol–water partition coefficient (Wildman–Crippen LogP) is 2.68. The number of primary amides is 1. The number of aromatic nitrogens is 4. The number of benzene rings is 2. The van der Waals surface area contributed by atoms with Crippen molar-refractivity contribution >= 4 is 22.8 Å². The highest BCUT2D eigenvalue weighted by Gasteiger charge is 2.20. The van der Waals surface area contributed by atoms with Crippen LogP contribution in [0.2, 0.25) is 0 Å². The fourth-order valence-corrected chi connectivity index (χ4v) is 3.73. The molecule has 2 aromatic carbocycles. The van der Waals surface area contributed by atoms with E-state index in [1.54, 1.807) is 29.2 Å². The summed E-state index contributed by atoms with van der Waals surface area (Å²) in [6.07, 6.45) is 1.72. The number of rotatable bonds is 7. The maximum Gasteiger partial charge on any atom is 0.269 e. The van der Waals surface area contributed by atoms with E-state index in [1.807, 2.05) is 54.8 Å². The van der Waals surface area contributed by atoms with Gasteiger partial charge in [-0.25, -0.2) is 4.98 Å². The lowest BCUT2D eigenvalue weighted by molar-refractivity contribution is 0.0938. The summed E-state index contributed by atoms with van der Waals surface area (Å²) in [4.78, 5) is 28.8. The Labute approximate surface area is 179 Å². The molecule has 31 heavy (non-hydrogen) atoms. The van der Waals surface area contributed by atoms with E-state index < -0.39 is 5.91 Å². The fraction of sp³-hybridized carbons (Fsp3) is 0.217. The Bertz CT molecular complexity index is 1240. The predicted molar refractivity (Wildman–Crippen MR) is 118 cm³/mol. The smallest absolute Gasteiger partial charge is 0.269 e. The zero-order chi connectivity index (χ0) is 22.0. The molecule has 0 radical (unpaired) electrons. The van der Waals surface area contributed by atoms with Gasteiger partial charge < -0.3 is 15.6 Å². The number of carbonyl (C=O) groups is 2. The number of hydrogen-bond acceptors (Lipinski definition) is 4. The molecule has 2 heterocycles. The first kappa shape index (κ1) is 20.3. The van der Waals surface area contributed by atoms with Gasteiger partial charge in [-0.05, 0) is 43.7 Å². The van der Waals surface area contributed by atoms with Crippen LogP contribution in [0.1, 0.15) is 45.1 Å². The number of amides is 2. The molecule has 0 bridgehead atoms. The maximum absolute atomic E-state index is 12.9. The van der Waals surface area contributed by atoms with E-state index in [2.05, 4.69) is 15.4 Å². The minimum Gasteiger partial charge on any atom is -0.366 e. The molecule has 0 fully saturated rings. The molecule has 0 aliphatic rings. The first-order valence-corrected chi connectivity index (χ1v) is 10.1. The quantitative estimate of drug-likeness (QED) is 0.483. The summed E-state index contributed by atoms with van der Waals surface area (Å²) in [5, 5.41) is 7.40. The molecule has 8 heteroatoms. The van der Waals surface area contributed by atoms with Crippen LogP contribution in [0.4, 0.5) is 0 Å². The van der Waals surface area contributed by atoms with Crippen molar-refractivity contribution in [2.75, 3.05) is 6.54 Å². The Morgan fingerprint density at radius 2 is 1.90 bits per heavy atom. The van der Waals surface area contributed by atoms with Crippen molar-refractivity contribution in [2.45, 2.75) is 26.4 Å². The topological polar surface area (TPSA) is 108 Å². The molecule has 4 rings (SSSR count). The molecule has 2 aromatic heterocycles. The zero-order valence-corrected chi connectivity index (χ0v) is 17.4. The molecule has 4 aromatic rings. The number of hydrogen-bond donors (Lipinski definition) is 2. The highest BCUT2D eigenvalue weighted by molar-refractivity contribution is 5.96. The number of nitrogens with one attached hydrogen (secondary N) is 1. The molecule has 8 nitrogen and oxygen atoms in total. The Hall–Kier alpha value is -3.94. The van der Waals surface area contributed by atoms with Crippen LogP contribution in [0, 0.1) is 6.92 Å². The molecule has 3 N–H and O–H groups in total. The van der Waals surface area contributed by atoms with E-state index >= 15 is 0 Å². The molecule has 0 aliphatic heterocycles. The second-order valence-electron chi connectivity index (χ2n) is 7.34. The Kier molecular flexibility index (Phi) is 5.53. The number of nitrogens with two attached hydrogens (primary N) is 1. The minimum atomic E-state index is -0.494. The van der Waals surface area contributed by atoms with Crippen molar-refractivity contribution in [1.29, 1.82) is 0 Å². The largest absolute Gasteiger partial charge is 0.366 e. The fourth-order valence-electron chi connectivity index (χ4n) is 3.73. The molecule has 158 valence electrons. The highest BCUT2D eigenvalue weighted by Crippen LogP contribution is 2.24. The third kappa shape index (κ3) is 4.05. The van der Waals surface area contributed by atoms with Gasteiger partial charge in [0.2, 0.25) is 5.91 Å². The van der Waals surface area contributed by atoms with Crippen molar-refractivity contribution in [2.24, 2.45) is 5.73 Å². The summed E-state index contributed by atoms with van der Waals surface area (Å²) in [6, 6.07) is 16.7. The summed E-state index contributed by atoms with van der Waals surface area (Å²) in [6.45, 7) is 4.80. The van der Waals surface area contributed by atoms with E-state index in [0.29, 0.717) is 29.9 Å². The number of imidazole rings is 1. The first-order valence-electron chi connectivity index (χ1n) is 10.1. The van der Waals surface area contributed by atoms with Gasteiger partial charge in [0.1, 0.15) is 5.69 Å². The second kappa shape index (κ2) is 8.43. The van der Waals surface area contributed by atoms with Crippen LogP contribution >= 0.6 is 0 Å². The van der Waals surface area contributed by atoms with E-state index in [1.165, 1.54) is 0 Å². The average molecular weight is 416 g/mol. The lowest BCUT2D eigenvalue weighted by atomic mass is 10.1. The van der Waals surface area contributed by atoms with Crippen molar-refractivity contribution in [3.8, 4) is 0 Å². The maximum atomic E-state index is 12.9. The van der Waals surface area contributed by atoms with Gasteiger partial charge in [-0.3, -0.25) is 14.3 Å². The van der Waals surface area contributed by atoms with Crippen LogP contribution in [-0.2, 0) is 6.54 Å². The van der Waals surface area contributed by atoms with E-state index in [4.69, 9.17) is 5.73 Å². The van der Waals surface area contributed by atoms with Gasteiger partial charge in [0, 0.05) is 18.7 Å². The van der Waals surface area contributed by atoms with Gasteiger partial charge >= 0.3 is 0 Å². The van der Waals surface area contributed by atoms with Crippen molar-refractivity contribution in [1.82, 2.24) is 24.6 Å². The summed E-state index contributed by atoms with van der Waals surface area (Å²) >= 11 is 0. The summed E-state index contributed by atoms with van der Waals surface area (Å²) in [7, 11) is 0. The first-order chi connectivity index (χ1) is 15.0. The van der Waals surface area contributed by atoms with Gasteiger partial charge in [-0.2, -0.15) is 5.10 Å². The van der Waals surface area contributed by atoms with Gasteiger partial charge in [-0.15, -0.1) is 0 Å². The van der Waals surface area contributed by atoms with Gasteiger partial charge in [0.05, 0.1) is 29.1 Å². The summed E-state index contributed by atoms with van der Waals surface area (Å²) in [5.41, 5.74) is 9.69. The Morgan fingerprint density at radius 1 is 1.13 bits per heavy atom. The van der Waals surface area contributed by atoms with Crippen molar-refractivity contribution in [3.05, 3.63) is 83.4 Å². The minimum absolute atomic E-state index is 0.177. The van der Waals surface area contributed by atoms with Gasteiger partial charge in [0.25, 0.3) is 5.91 Å². The van der Waals surface area contributed by atoms with Crippen LogP contribution in [0.25, 0.3) is 11.0 Å². The lowest BCUT2D eigenvalue weighted by Crippen LogP contribution is -2.32. The van der Waals surface area contributed by atoms with E-state index in [-0.39, 0.29) is 11.9 Å². The summed E-state index contributed by atoms with van der Waals surface area (Å²) in [5.74, 6) is -0.671. The van der Waals surface area contributed by atoms with Crippen LogP contribution in [0.15, 0.2) is 60.9 Å². The molecule has 1 atom stereocenters. The van der Waals surface area contributed by atoms with Crippen LogP contribution in [-0.4, -0.2) is 37.7 Å². The van der Waals surface area contributed by atoms with Crippen LogP contribution in [0.5, 0.6) is 0 Å². The second-order valence-corrected chi connectivity index (χ2v) is 7.34. The third-order valence-corrected chi connectivity index (χ3v) is 5.27. The van der Waals surface area contributed by atoms with Crippen LogP contribution in [0.3, 0.4) is 0 Å². The molecule has 1 unspecified atom stereocenters. The molecule has 0 saturated carbocycles. The van der Waals surface area contributed by atoms with Crippen molar-refractivity contribution in [3.63, 3.8) is 0 Å². The Morgan fingerprint density at radius 3 is 2.61 bits per heavy atom. The SMILES string of the molecule is CCn1nc(C)cc1C(=O)NCC(c1ccccc1)n1cnc2cc(C(N)=O)ccc21. The van der Waals surface area contributed by atoms with E-state index in [0.717, 1.165) is 16.8 Å². The van der Waals surface area contributed by atoms with Crippen LogP contribution < -0.4 is 11.1 Å². The standard InChI is InChI=1S/C23H24N6O2/c1-3-29-20(11-15(2)27-29)23(31)25-13-21(16-7-5-4-6-8-16)28-14-26-18-12-17(22(24)30)9-10-19(18)28/h4-12,14,21H,3,13H2,1-2H3,(H2,24,30)(H,25,31). The molecule has 0 aliphatic carbocycles. The van der Waals surface area contributed by atoms with Crippen molar-refractivity contribution < 1.29 is 9.59 Å². The molecule has 0 spiro atoms. The normalized spacial score (nSPS) is 12.1. The van der Waals surface area contributed by atoms with Gasteiger partial charge in [0.15, 0.2) is 0 Å². The zero-order valence-electron chi connectivity index (χ0n) is 17.4. The molecule has 2 amide bonds. The number of nitrogens with zero attached hydrogens (tertiary/aromatic N) is 4. The lowest BCUT2D eigenvalue weighted by Gasteiger charge is -2.21. The molecular formula is C23H24N6O2. The van der Waals surface area contributed by atoms with Gasteiger partial charge in [-0.1, -0.05) is 30.3 Å². The average Bonchev–Trinajstić information content (AvgIpc) is 3.37. The Balaban J connectivity index is 1.67. The molecular weight excluding hydrogens is 392 g/mol. The third-order valence-electron chi connectivity index (χ3n) is 5.27. The number of aryl methyl sites for hydroxylation is 2. The molecule has 0 saturated heterocycles. The highest BCUT2D eigenvalue weighted by atomic mass is 16.2. The number of fused-ring (bicyclic) bond motifs is 1. The van der Waals surface area contributed by atoms with E-state index in [9.17, 15) is 9.59 Å². The summed E-state index contributed by atoms with van der Waals surface area (Å²) < 4.78 is 3.69.